The minimum absolute atomic E-state index is 0.0801. The average molecular weight is 380 g/mol. The molecule has 1 N–H and O–H groups in total. The van der Waals surface area contributed by atoms with Crippen LogP contribution in [-0.2, 0) is 23.1 Å². The Morgan fingerprint density at radius 1 is 1.12 bits per heavy atom. The third kappa shape index (κ3) is 4.25. The van der Waals surface area contributed by atoms with E-state index in [1.807, 2.05) is 36.5 Å². The standard InChI is InChI=1S/C17H15ClFN3O2S/c18-16-10-15(6-7-17(16)19)25(23,24)21-11-13-4-1-2-5-14(13)12-22-9-3-8-20-22/h1-10,21H,11-12H2. The molecule has 0 unspecified atom stereocenters. The van der Waals surface area contributed by atoms with Crippen LogP contribution in [0.1, 0.15) is 11.1 Å². The lowest BCUT2D eigenvalue weighted by atomic mass is 10.1. The number of nitrogens with zero attached hydrogens (tertiary/aromatic N) is 2. The molecule has 25 heavy (non-hydrogen) atoms. The Bertz CT molecular complexity index is 975. The van der Waals surface area contributed by atoms with Crippen LogP contribution in [0.25, 0.3) is 0 Å². The van der Waals surface area contributed by atoms with E-state index < -0.39 is 15.8 Å². The first-order valence-electron chi connectivity index (χ1n) is 7.44. The van der Waals surface area contributed by atoms with Crippen molar-refractivity contribution in [2.45, 2.75) is 18.0 Å². The van der Waals surface area contributed by atoms with E-state index in [9.17, 15) is 12.8 Å². The number of halogens is 2. The highest BCUT2D eigenvalue weighted by Crippen LogP contribution is 2.20. The summed E-state index contributed by atoms with van der Waals surface area (Å²) in [5, 5.41) is 3.92. The van der Waals surface area contributed by atoms with Crippen LogP contribution in [0.3, 0.4) is 0 Å². The highest BCUT2D eigenvalue weighted by atomic mass is 35.5. The molecule has 0 fully saturated rings. The van der Waals surface area contributed by atoms with Gasteiger partial charge in [-0.15, -0.1) is 0 Å². The summed E-state index contributed by atoms with van der Waals surface area (Å²) in [5.41, 5.74) is 1.78. The van der Waals surface area contributed by atoms with E-state index in [0.717, 1.165) is 23.3 Å². The van der Waals surface area contributed by atoms with Crippen molar-refractivity contribution in [2.75, 3.05) is 0 Å². The summed E-state index contributed by atoms with van der Waals surface area (Å²) in [7, 11) is -3.80. The second-order valence-corrected chi connectivity index (χ2v) is 7.55. The van der Waals surface area contributed by atoms with Gasteiger partial charge in [0.15, 0.2) is 0 Å². The van der Waals surface area contributed by atoms with Crippen LogP contribution < -0.4 is 4.72 Å². The van der Waals surface area contributed by atoms with Crippen molar-refractivity contribution in [1.82, 2.24) is 14.5 Å². The van der Waals surface area contributed by atoms with Crippen molar-refractivity contribution >= 4 is 21.6 Å². The molecule has 1 aromatic heterocycles. The lowest BCUT2D eigenvalue weighted by Gasteiger charge is -2.12. The summed E-state index contributed by atoms with van der Waals surface area (Å²) in [6.07, 6.45) is 3.52. The third-order valence-corrected chi connectivity index (χ3v) is 5.35. The topological polar surface area (TPSA) is 64.0 Å². The number of sulfonamides is 1. The molecule has 8 heteroatoms. The third-order valence-electron chi connectivity index (χ3n) is 3.66. The van der Waals surface area contributed by atoms with Crippen LogP contribution >= 0.6 is 11.6 Å². The van der Waals surface area contributed by atoms with E-state index in [2.05, 4.69) is 9.82 Å². The Balaban J connectivity index is 1.78. The zero-order chi connectivity index (χ0) is 17.9. The number of aromatic nitrogens is 2. The maximum absolute atomic E-state index is 13.2. The molecule has 0 amide bonds. The van der Waals surface area contributed by atoms with Crippen molar-refractivity contribution in [3.05, 3.63) is 82.9 Å². The molecular formula is C17H15ClFN3O2S. The zero-order valence-corrected chi connectivity index (χ0v) is 14.6. The van der Waals surface area contributed by atoms with Crippen LogP contribution in [0.15, 0.2) is 65.8 Å². The first-order chi connectivity index (χ1) is 12.0. The van der Waals surface area contributed by atoms with Crippen LogP contribution in [-0.4, -0.2) is 18.2 Å². The molecular weight excluding hydrogens is 365 g/mol. The van der Waals surface area contributed by atoms with Gasteiger partial charge in [0.1, 0.15) is 5.82 Å². The van der Waals surface area contributed by atoms with Crippen LogP contribution in [0.5, 0.6) is 0 Å². The van der Waals surface area contributed by atoms with Gasteiger partial charge in [-0.2, -0.15) is 5.10 Å². The van der Waals surface area contributed by atoms with Gasteiger partial charge >= 0.3 is 0 Å². The van der Waals surface area contributed by atoms with E-state index in [-0.39, 0.29) is 16.5 Å². The van der Waals surface area contributed by atoms with Crippen molar-refractivity contribution in [3.63, 3.8) is 0 Å². The van der Waals surface area contributed by atoms with Crippen LogP contribution in [0.4, 0.5) is 4.39 Å². The maximum Gasteiger partial charge on any atom is 0.240 e. The second kappa shape index (κ2) is 7.35. The molecule has 2 aromatic carbocycles. The fraction of sp³-hybridized carbons (Fsp3) is 0.118. The van der Waals surface area contributed by atoms with E-state index in [0.29, 0.717) is 6.54 Å². The van der Waals surface area contributed by atoms with Gasteiger partial charge in [-0.3, -0.25) is 4.68 Å². The highest BCUT2D eigenvalue weighted by molar-refractivity contribution is 7.89. The van der Waals surface area contributed by atoms with Gasteiger partial charge < -0.3 is 0 Å². The predicted octanol–water partition coefficient (Wildman–Crippen LogP) is 3.20. The Morgan fingerprint density at radius 2 is 1.88 bits per heavy atom. The van der Waals surface area contributed by atoms with E-state index >= 15 is 0 Å². The largest absolute Gasteiger partial charge is 0.268 e. The smallest absolute Gasteiger partial charge is 0.240 e. The first-order valence-corrected chi connectivity index (χ1v) is 9.31. The van der Waals surface area contributed by atoms with Gasteiger partial charge in [0.25, 0.3) is 0 Å². The van der Waals surface area contributed by atoms with Crippen LogP contribution in [0, 0.1) is 5.82 Å². The quantitative estimate of drug-likeness (QED) is 0.715. The molecule has 1 heterocycles. The summed E-state index contributed by atoms with van der Waals surface area (Å²) in [5.74, 6) is -0.662. The van der Waals surface area contributed by atoms with Crippen molar-refractivity contribution in [3.8, 4) is 0 Å². The SMILES string of the molecule is O=S(=O)(NCc1ccccc1Cn1cccn1)c1ccc(F)c(Cl)c1. The summed E-state index contributed by atoms with van der Waals surface area (Å²) >= 11 is 5.66. The predicted molar refractivity (Wildman–Crippen MR) is 93.2 cm³/mol. The number of rotatable bonds is 6. The Morgan fingerprint density at radius 3 is 2.56 bits per heavy atom. The zero-order valence-electron chi connectivity index (χ0n) is 13.1. The van der Waals surface area contributed by atoms with Crippen molar-refractivity contribution < 1.29 is 12.8 Å². The van der Waals surface area contributed by atoms with E-state index in [1.165, 1.54) is 6.07 Å². The molecule has 3 aromatic rings. The molecule has 5 nitrogen and oxygen atoms in total. The van der Waals surface area contributed by atoms with Gasteiger partial charge in [-0.05, 0) is 35.4 Å². The summed E-state index contributed by atoms with van der Waals surface area (Å²) in [6, 6.07) is 12.6. The van der Waals surface area contributed by atoms with E-state index in [4.69, 9.17) is 11.6 Å². The van der Waals surface area contributed by atoms with Crippen molar-refractivity contribution in [1.29, 1.82) is 0 Å². The lowest BCUT2D eigenvalue weighted by Crippen LogP contribution is -2.24. The Kier molecular flexibility index (Phi) is 5.17. The van der Waals surface area contributed by atoms with Gasteiger partial charge in [-0.25, -0.2) is 17.5 Å². The first kappa shape index (κ1) is 17.6. The second-order valence-electron chi connectivity index (χ2n) is 5.37. The summed E-state index contributed by atoms with van der Waals surface area (Å²) in [6.45, 7) is 0.641. The van der Waals surface area contributed by atoms with Crippen molar-refractivity contribution in [2.24, 2.45) is 0 Å². The molecule has 0 aliphatic rings. The summed E-state index contributed by atoms with van der Waals surface area (Å²) in [4.78, 5) is -0.0801. The normalized spacial score (nSPS) is 11.6. The monoisotopic (exact) mass is 379 g/mol. The lowest BCUT2D eigenvalue weighted by molar-refractivity contribution is 0.579. The molecule has 130 valence electrons. The maximum atomic E-state index is 13.2. The van der Waals surface area contributed by atoms with Gasteiger partial charge in [-0.1, -0.05) is 35.9 Å². The highest BCUT2D eigenvalue weighted by Gasteiger charge is 2.16. The minimum Gasteiger partial charge on any atom is -0.268 e. The molecule has 0 radical (unpaired) electrons. The minimum atomic E-state index is -3.80. The van der Waals surface area contributed by atoms with E-state index in [1.54, 1.807) is 10.9 Å². The molecule has 0 saturated carbocycles. The number of hydrogen-bond acceptors (Lipinski definition) is 3. The fourth-order valence-electron chi connectivity index (χ4n) is 2.35. The molecule has 3 rings (SSSR count). The Labute approximate surface area is 150 Å². The van der Waals surface area contributed by atoms with Crippen LogP contribution in [0.2, 0.25) is 5.02 Å². The molecule has 0 spiro atoms. The molecule has 0 bridgehead atoms. The molecule has 0 atom stereocenters. The molecule has 0 aliphatic heterocycles. The fourth-order valence-corrected chi connectivity index (χ4v) is 3.63. The summed E-state index contributed by atoms with van der Waals surface area (Å²) < 4.78 is 42.3. The Hall–Kier alpha value is -2.22. The number of benzene rings is 2. The average Bonchev–Trinajstić information content (AvgIpc) is 3.09. The van der Waals surface area contributed by atoms with Gasteiger partial charge in [0.05, 0.1) is 16.5 Å². The molecule has 0 aliphatic carbocycles. The van der Waals surface area contributed by atoms with Gasteiger partial charge in [0, 0.05) is 18.9 Å². The number of hydrogen-bond donors (Lipinski definition) is 1. The number of nitrogens with one attached hydrogen (secondary N) is 1. The molecule has 0 saturated heterocycles. The van der Waals surface area contributed by atoms with Gasteiger partial charge in [0.2, 0.25) is 10.0 Å².